The molecular formula is C19H22N2O2S. The first-order valence-electron chi connectivity index (χ1n) is 8.08. The third kappa shape index (κ3) is 3.57. The Kier molecular flexibility index (Phi) is 5.43. The lowest BCUT2D eigenvalue weighted by atomic mass is 10.1. The largest absolute Gasteiger partial charge is 0.492 e. The Morgan fingerprint density at radius 1 is 1.08 bits per heavy atom. The fraction of sp³-hybridized carbons (Fsp3) is 0.316. The molecule has 24 heavy (non-hydrogen) atoms. The van der Waals surface area contributed by atoms with E-state index in [0.29, 0.717) is 13.2 Å². The summed E-state index contributed by atoms with van der Waals surface area (Å²) in [5, 5.41) is 10.2. The van der Waals surface area contributed by atoms with Gasteiger partial charge in [-0.05, 0) is 37.1 Å². The first-order valence-corrected chi connectivity index (χ1v) is 9.07. The predicted molar refractivity (Wildman–Crippen MR) is 99.0 cm³/mol. The molecule has 1 heterocycles. The number of aliphatic hydroxyl groups is 1. The molecule has 0 saturated heterocycles. The molecule has 3 aromatic rings. The number of rotatable bonds is 7. The summed E-state index contributed by atoms with van der Waals surface area (Å²) >= 11 is 1.66. The van der Waals surface area contributed by atoms with Crippen LogP contribution in [-0.2, 0) is 6.54 Å². The Morgan fingerprint density at radius 2 is 1.83 bits per heavy atom. The third-order valence-corrected chi connectivity index (χ3v) is 4.85. The minimum atomic E-state index is 0.104. The summed E-state index contributed by atoms with van der Waals surface area (Å²) in [5.74, 6) is 1.78. The second-order valence-electron chi connectivity index (χ2n) is 5.68. The van der Waals surface area contributed by atoms with Crippen molar-refractivity contribution in [2.45, 2.75) is 25.5 Å². The number of aliphatic hydroxyl groups excluding tert-OH is 1. The maximum absolute atomic E-state index is 9.32. The average molecular weight is 342 g/mol. The maximum atomic E-state index is 9.32. The smallest absolute Gasteiger partial charge is 0.169 e. The number of para-hydroxylation sites is 3. The van der Waals surface area contributed by atoms with E-state index in [1.165, 1.54) is 0 Å². The maximum Gasteiger partial charge on any atom is 0.169 e. The van der Waals surface area contributed by atoms with Crippen LogP contribution in [0.2, 0.25) is 0 Å². The molecular weight excluding hydrogens is 320 g/mol. The van der Waals surface area contributed by atoms with E-state index in [1.807, 2.05) is 30.3 Å². The van der Waals surface area contributed by atoms with Crippen molar-refractivity contribution in [3.63, 3.8) is 0 Å². The summed E-state index contributed by atoms with van der Waals surface area (Å²) in [6, 6.07) is 14.2. The molecule has 0 spiro atoms. The van der Waals surface area contributed by atoms with Gasteiger partial charge in [0.1, 0.15) is 5.75 Å². The van der Waals surface area contributed by atoms with E-state index in [4.69, 9.17) is 4.74 Å². The van der Waals surface area contributed by atoms with E-state index in [-0.39, 0.29) is 6.61 Å². The average Bonchev–Trinajstić information content (AvgIpc) is 2.92. The monoisotopic (exact) mass is 342 g/mol. The summed E-state index contributed by atoms with van der Waals surface area (Å²) in [6.07, 6.45) is 0. The molecule has 0 bridgehead atoms. The highest BCUT2D eigenvalue weighted by molar-refractivity contribution is 7.99. The van der Waals surface area contributed by atoms with Gasteiger partial charge in [0, 0.05) is 12.3 Å². The number of hydrogen-bond donors (Lipinski definition) is 1. The van der Waals surface area contributed by atoms with E-state index < -0.39 is 0 Å². The minimum absolute atomic E-state index is 0.104. The molecule has 0 fully saturated rings. The second-order valence-corrected chi connectivity index (χ2v) is 6.74. The van der Waals surface area contributed by atoms with E-state index in [0.717, 1.165) is 38.8 Å². The molecule has 0 amide bonds. The van der Waals surface area contributed by atoms with Crippen molar-refractivity contribution in [1.82, 2.24) is 9.55 Å². The number of aromatic nitrogens is 2. The van der Waals surface area contributed by atoms with Gasteiger partial charge in [0.15, 0.2) is 5.16 Å². The van der Waals surface area contributed by atoms with Crippen LogP contribution in [0.4, 0.5) is 0 Å². The molecule has 0 aliphatic heterocycles. The van der Waals surface area contributed by atoms with Gasteiger partial charge in [0.05, 0.1) is 24.2 Å². The number of thioether (sulfide) groups is 1. The number of imidazole rings is 1. The van der Waals surface area contributed by atoms with Crippen LogP contribution in [0.1, 0.15) is 11.1 Å². The van der Waals surface area contributed by atoms with Gasteiger partial charge in [-0.1, -0.05) is 42.1 Å². The Balaban J connectivity index is 1.66. The van der Waals surface area contributed by atoms with Gasteiger partial charge >= 0.3 is 0 Å². The van der Waals surface area contributed by atoms with Crippen molar-refractivity contribution < 1.29 is 9.84 Å². The van der Waals surface area contributed by atoms with Gasteiger partial charge in [0.25, 0.3) is 0 Å². The Morgan fingerprint density at radius 3 is 2.58 bits per heavy atom. The number of ether oxygens (including phenoxy) is 1. The van der Waals surface area contributed by atoms with Crippen molar-refractivity contribution in [2.75, 3.05) is 19.0 Å². The Hall–Kier alpha value is -1.98. The SMILES string of the molecule is Cc1cccc(C)c1OCCSc1nc2ccccc2n1CCO. The van der Waals surface area contributed by atoms with Crippen molar-refractivity contribution in [3.05, 3.63) is 53.6 Å². The van der Waals surface area contributed by atoms with Crippen LogP contribution in [-0.4, -0.2) is 33.6 Å². The molecule has 3 rings (SSSR count). The molecule has 0 saturated carbocycles. The second kappa shape index (κ2) is 7.73. The summed E-state index contributed by atoms with van der Waals surface area (Å²) in [4.78, 5) is 4.67. The van der Waals surface area contributed by atoms with Crippen molar-refractivity contribution in [3.8, 4) is 5.75 Å². The molecule has 0 radical (unpaired) electrons. The van der Waals surface area contributed by atoms with E-state index >= 15 is 0 Å². The first kappa shape index (κ1) is 16.9. The van der Waals surface area contributed by atoms with Gasteiger partial charge in [-0.3, -0.25) is 0 Å². The molecule has 0 atom stereocenters. The lowest BCUT2D eigenvalue weighted by Gasteiger charge is -2.12. The van der Waals surface area contributed by atoms with E-state index in [1.54, 1.807) is 11.8 Å². The molecule has 2 aromatic carbocycles. The van der Waals surface area contributed by atoms with Gasteiger partial charge in [0.2, 0.25) is 0 Å². The highest BCUT2D eigenvalue weighted by Gasteiger charge is 2.10. The predicted octanol–water partition coefficient (Wildman–Crippen LogP) is 3.82. The summed E-state index contributed by atoms with van der Waals surface area (Å²) < 4.78 is 8.02. The molecule has 1 aromatic heterocycles. The van der Waals surface area contributed by atoms with Crippen LogP contribution in [0.5, 0.6) is 5.75 Å². The topological polar surface area (TPSA) is 47.3 Å². The highest BCUT2D eigenvalue weighted by atomic mass is 32.2. The van der Waals surface area contributed by atoms with Crippen LogP contribution in [0.15, 0.2) is 47.6 Å². The number of fused-ring (bicyclic) bond motifs is 1. The van der Waals surface area contributed by atoms with Crippen molar-refractivity contribution >= 4 is 22.8 Å². The van der Waals surface area contributed by atoms with E-state index in [9.17, 15) is 5.11 Å². The number of nitrogens with zero attached hydrogens (tertiary/aromatic N) is 2. The molecule has 4 nitrogen and oxygen atoms in total. The third-order valence-electron chi connectivity index (χ3n) is 3.91. The summed E-state index contributed by atoms with van der Waals surface area (Å²) in [5.41, 5.74) is 4.34. The molecule has 0 unspecified atom stereocenters. The van der Waals surface area contributed by atoms with Crippen molar-refractivity contribution in [2.24, 2.45) is 0 Å². The van der Waals surface area contributed by atoms with Gasteiger partial charge < -0.3 is 14.4 Å². The lowest BCUT2D eigenvalue weighted by Crippen LogP contribution is -2.06. The molecule has 0 aliphatic rings. The number of hydrogen-bond acceptors (Lipinski definition) is 4. The van der Waals surface area contributed by atoms with Crippen molar-refractivity contribution in [1.29, 1.82) is 0 Å². The molecule has 1 N–H and O–H groups in total. The fourth-order valence-corrected chi connectivity index (χ4v) is 3.64. The van der Waals surface area contributed by atoms with Crippen LogP contribution in [0.25, 0.3) is 11.0 Å². The van der Waals surface area contributed by atoms with Gasteiger partial charge in [-0.15, -0.1) is 0 Å². The zero-order chi connectivity index (χ0) is 16.9. The van der Waals surface area contributed by atoms with Crippen LogP contribution >= 0.6 is 11.8 Å². The molecule has 0 aliphatic carbocycles. The Labute approximate surface area is 146 Å². The summed E-state index contributed by atoms with van der Waals surface area (Å²) in [6.45, 7) is 5.42. The van der Waals surface area contributed by atoms with Gasteiger partial charge in [-0.2, -0.15) is 0 Å². The van der Waals surface area contributed by atoms with E-state index in [2.05, 4.69) is 35.5 Å². The summed E-state index contributed by atoms with van der Waals surface area (Å²) in [7, 11) is 0. The zero-order valence-corrected chi connectivity index (χ0v) is 14.8. The van der Waals surface area contributed by atoms with Crippen LogP contribution in [0.3, 0.4) is 0 Å². The zero-order valence-electron chi connectivity index (χ0n) is 14.0. The van der Waals surface area contributed by atoms with Gasteiger partial charge in [-0.25, -0.2) is 4.98 Å². The number of aryl methyl sites for hydroxylation is 2. The number of benzene rings is 2. The molecule has 126 valence electrons. The van der Waals surface area contributed by atoms with Crippen LogP contribution < -0.4 is 4.74 Å². The highest BCUT2D eigenvalue weighted by Crippen LogP contribution is 2.25. The van der Waals surface area contributed by atoms with Crippen LogP contribution in [0, 0.1) is 13.8 Å². The standard InChI is InChI=1S/C19H22N2O2S/c1-14-6-5-7-15(2)18(14)23-12-13-24-19-20-16-8-3-4-9-17(16)21(19)10-11-22/h3-9,22H,10-13H2,1-2H3. The first-order chi connectivity index (χ1) is 11.7. The molecule has 5 heteroatoms. The Bertz CT molecular complexity index is 809. The minimum Gasteiger partial charge on any atom is -0.492 e. The lowest BCUT2D eigenvalue weighted by molar-refractivity contribution is 0.273. The fourth-order valence-electron chi connectivity index (χ4n) is 2.78. The quantitative estimate of drug-likeness (QED) is 0.524. The normalized spacial score (nSPS) is 11.1.